The molecule has 0 unspecified atom stereocenters. The van der Waals surface area contributed by atoms with Crippen molar-refractivity contribution in [3.8, 4) is 11.1 Å². The monoisotopic (exact) mass is 402 g/mol. The maximum atomic E-state index is 13.7. The zero-order chi connectivity index (χ0) is 17.9. The van der Waals surface area contributed by atoms with E-state index in [9.17, 15) is 18.0 Å². The highest BCUT2D eigenvalue weighted by atomic mass is 35.5. The van der Waals surface area contributed by atoms with Gasteiger partial charge < -0.3 is 10.2 Å². The third-order valence-corrected chi connectivity index (χ3v) is 6.03. The molecule has 8 heteroatoms. The standard InChI is InChI=1S/C18H17F3N2OS.ClH/c1-9-8-25-10(2)15(9)11-5-12-14-7-22-3-4-23(14)17(24)16(12)13(6-11)18(19,20)21;/h5-6,8,14,22H,3-4,7H2,1-2H3;1H/t14-;/m0./s1. The van der Waals surface area contributed by atoms with Crippen LogP contribution < -0.4 is 5.32 Å². The zero-order valence-corrected chi connectivity index (χ0v) is 15.9. The van der Waals surface area contributed by atoms with Crippen molar-refractivity contribution in [1.82, 2.24) is 10.2 Å². The number of carbonyl (C=O) groups excluding carboxylic acids is 1. The van der Waals surface area contributed by atoms with Crippen molar-refractivity contribution in [2.75, 3.05) is 19.6 Å². The molecule has 4 rings (SSSR count). The van der Waals surface area contributed by atoms with Crippen LogP contribution in [0.1, 0.15) is 38.0 Å². The minimum absolute atomic E-state index is 0. The van der Waals surface area contributed by atoms with E-state index in [4.69, 9.17) is 0 Å². The summed E-state index contributed by atoms with van der Waals surface area (Å²) in [6.45, 7) is 5.33. The lowest BCUT2D eigenvalue weighted by molar-refractivity contribution is -0.137. The third kappa shape index (κ3) is 2.82. The lowest BCUT2D eigenvalue weighted by Gasteiger charge is -2.30. The quantitative estimate of drug-likeness (QED) is 0.757. The van der Waals surface area contributed by atoms with E-state index in [1.165, 1.54) is 11.3 Å². The van der Waals surface area contributed by atoms with Gasteiger partial charge in [0.25, 0.3) is 5.91 Å². The molecular weight excluding hydrogens is 385 g/mol. The first-order valence-corrected chi connectivity index (χ1v) is 8.99. The topological polar surface area (TPSA) is 32.3 Å². The third-order valence-electron chi connectivity index (χ3n) is 5.00. The van der Waals surface area contributed by atoms with E-state index in [1.54, 1.807) is 11.0 Å². The zero-order valence-electron chi connectivity index (χ0n) is 14.2. The van der Waals surface area contributed by atoms with Crippen LogP contribution in [0.3, 0.4) is 0 Å². The number of hydrogen-bond acceptors (Lipinski definition) is 3. The fraction of sp³-hybridized carbons (Fsp3) is 0.389. The average Bonchev–Trinajstić information content (AvgIpc) is 3.04. The first kappa shape index (κ1) is 19.2. The van der Waals surface area contributed by atoms with E-state index < -0.39 is 17.6 Å². The number of rotatable bonds is 1. The fourth-order valence-corrected chi connectivity index (χ4v) is 4.77. The molecule has 3 heterocycles. The maximum absolute atomic E-state index is 13.7. The van der Waals surface area contributed by atoms with Crippen molar-refractivity contribution in [1.29, 1.82) is 0 Å². The van der Waals surface area contributed by atoms with E-state index in [1.807, 2.05) is 19.2 Å². The van der Waals surface area contributed by atoms with Crippen molar-refractivity contribution >= 4 is 29.7 Å². The highest BCUT2D eigenvalue weighted by Gasteiger charge is 2.45. The van der Waals surface area contributed by atoms with Crippen LogP contribution in [-0.4, -0.2) is 30.4 Å². The summed E-state index contributed by atoms with van der Waals surface area (Å²) in [6.07, 6.45) is -4.56. The first-order valence-electron chi connectivity index (χ1n) is 8.11. The lowest BCUT2D eigenvalue weighted by atomic mass is 9.91. The second-order valence-corrected chi connectivity index (χ2v) is 7.64. The van der Waals surface area contributed by atoms with Crippen LogP contribution in [-0.2, 0) is 6.18 Å². The Hall–Kier alpha value is -1.57. The molecule has 1 aromatic heterocycles. The summed E-state index contributed by atoms with van der Waals surface area (Å²) in [7, 11) is 0. The number of alkyl halides is 3. The van der Waals surface area contributed by atoms with Gasteiger partial charge in [0.15, 0.2) is 0 Å². The van der Waals surface area contributed by atoms with Crippen molar-refractivity contribution in [3.05, 3.63) is 44.6 Å². The van der Waals surface area contributed by atoms with Gasteiger partial charge in [-0.1, -0.05) is 0 Å². The maximum Gasteiger partial charge on any atom is 0.417 e. The normalized spacial score (nSPS) is 19.2. The number of halogens is 4. The first-order chi connectivity index (χ1) is 11.8. The van der Waals surface area contributed by atoms with Gasteiger partial charge in [0.05, 0.1) is 17.2 Å². The van der Waals surface area contributed by atoms with Gasteiger partial charge in [-0.2, -0.15) is 13.2 Å². The molecule has 0 radical (unpaired) electrons. The summed E-state index contributed by atoms with van der Waals surface area (Å²) in [5.74, 6) is -0.501. The molecule has 0 saturated carbocycles. The lowest BCUT2D eigenvalue weighted by Crippen LogP contribution is -2.44. The molecule has 1 N–H and O–H groups in total. The number of benzene rings is 1. The molecule has 2 aromatic rings. The Labute approximate surface area is 159 Å². The second kappa shape index (κ2) is 6.55. The van der Waals surface area contributed by atoms with Gasteiger partial charge in [-0.05, 0) is 53.6 Å². The molecule has 3 nitrogen and oxygen atoms in total. The van der Waals surface area contributed by atoms with Gasteiger partial charge in [-0.3, -0.25) is 4.79 Å². The number of amides is 1. The largest absolute Gasteiger partial charge is 0.417 e. The van der Waals surface area contributed by atoms with Crippen LogP contribution in [0.4, 0.5) is 13.2 Å². The summed E-state index contributed by atoms with van der Waals surface area (Å²) in [4.78, 5) is 15.2. The van der Waals surface area contributed by atoms with Crippen LogP contribution >= 0.6 is 23.7 Å². The smallest absolute Gasteiger partial charge is 0.329 e. The molecule has 140 valence electrons. The number of fused-ring (bicyclic) bond motifs is 3. The molecule has 1 amide bonds. The molecule has 26 heavy (non-hydrogen) atoms. The SMILES string of the molecule is Cc1csc(C)c1-c1cc2c(c(C(F)(F)F)c1)C(=O)N1CCNC[C@@H]21.Cl. The number of thiophene rings is 1. The van der Waals surface area contributed by atoms with Gasteiger partial charge in [0.1, 0.15) is 0 Å². The van der Waals surface area contributed by atoms with Gasteiger partial charge >= 0.3 is 6.18 Å². The summed E-state index contributed by atoms with van der Waals surface area (Å²) in [5.41, 5.74) is 1.85. The molecule has 0 aliphatic carbocycles. The Morgan fingerprint density at radius 1 is 1.23 bits per heavy atom. The highest BCUT2D eigenvalue weighted by molar-refractivity contribution is 7.10. The molecule has 1 aromatic carbocycles. The molecule has 2 aliphatic rings. The van der Waals surface area contributed by atoms with Crippen molar-refractivity contribution in [3.63, 3.8) is 0 Å². The van der Waals surface area contributed by atoms with Crippen LogP contribution in [0.5, 0.6) is 0 Å². The Morgan fingerprint density at radius 2 is 1.96 bits per heavy atom. The van der Waals surface area contributed by atoms with E-state index in [2.05, 4.69) is 5.32 Å². The van der Waals surface area contributed by atoms with Crippen LogP contribution in [0.2, 0.25) is 0 Å². The minimum atomic E-state index is -4.56. The number of aryl methyl sites for hydroxylation is 2. The van der Waals surface area contributed by atoms with Crippen LogP contribution in [0.25, 0.3) is 11.1 Å². The van der Waals surface area contributed by atoms with E-state index in [-0.39, 0.29) is 24.0 Å². The number of hydrogen-bond donors (Lipinski definition) is 1. The predicted octanol–water partition coefficient (Wildman–Crippen LogP) is 4.57. The van der Waals surface area contributed by atoms with Crippen LogP contribution in [0, 0.1) is 13.8 Å². The number of nitrogens with one attached hydrogen (secondary N) is 1. The van der Waals surface area contributed by atoms with Crippen LogP contribution in [0.15, 0.2) is 17.5 Å². The molecule has 0 bridgehead atoms. The molecule has 1 atom stereocenters. The molecule has 1 fully saturated rings. The Morgan fingerprint density at radius 3 is 2.58 bits per heavy atom. The Kier molecular flexibility index (Phi) is 4.83. The summed E-state index contributed by atoms with van der Waals surface area (Å²) >= 11 is 1.52. The van der Waals surface area contributed by atoms with Gasteiger partial charge in [-0.15, -0.1) is 23.7 Å². The van der Waals surface area contributed by atoms with E-state index in [0.29, 0.717) is 30.8 Å². The van der Waals surface area contributed by atoms with Crippen molar-refractivity contribution in [2.24, 2.45) is 0 Å². The molecule has 1 saturated heterocycles. The second-order valence-electron chi connectivity index (χ2n) is 6.55. The van der Waals surface area contributed by atoms with Gasteiger partial charge in [0, 0.05) is 24.5 Å². The fourth-order valence-electron chi connectivity index (χ4n) is 3.91. The van der Waals surface area contributed by atoms with E-state index in [0.717, 1.165) is 22.1 Å². The summed E-state index contributed by atoms with van der Waals surface area (Å²) in [6, 6.07) is 2.60. The minimum Gasteiger partial charge on any atom is -0.329 e. The highest BCUT2D eigenvalue weighted by Crippen LogP contribution is 2.45. The van der Waals surface area contributed by atoms with Gasteiger partial charge in [0.2, 0.25) is 0 Å². The predicted molar refractivity (Wildman–Crippen MR) is 98.1 cm³/mol. The molecule has 0 spiro atoms. The Balaban J connectivity index is 0.00000196. The van der Waals surface area contributed by atoms with Crippen molar-refractivity contribution < 1.29 is 18.0 Å². The van der Waals surface area contributed by atoms with E-state index >= 15 is 0 Å². The summed E-state index contributed by atoms with van der Waals surface area (Å²) < 4.78 is 41.2. The number of piperazine rings is 1. The number of carbonyl (C=O) groups is 1. The van der Waals surface area contributed by atoms with Gasteiger partial charge in [-0.25, -0.2) is 0 Å². The molecular formula is C18H18ClF3N2OS. The summed E-state index contributed by atoms with van der Waals surface area (Å²) in [5, 5.41) is 5.13. The molecule has 2 aliphatic heterocycles. The van der Waals surface area contributed by atoms with Crippen molar-refractivity contribution in [2.45, 2.75) is 26.1 Å². The number of nitrogens with zero attached hydrogens (tertiary/aromatic N) is 1. The Bertz CT molecular complexity index is 859. The average molecular weight is 403 g/mol.